The minimum atomic E-state index is 0. The number of hydrogen-bond donors (Lipinski definition) is 0. The van der Waals surface area contributed by atoms with E-state index in [1.807, 2.05) is 0 Å². The number of hydrogen-bond acceptors (Lipinski definition) is 2. The number of carbonyl (C=O) groups is 1. The van der Waals surface area contributed by atoms with Gasteiger partial charge >= 0.3 is 0 Å². The molecule has 1 amide bonds. The first-order chi connectivity index (χ1) is 14.2. The number of benzene rings is 1. The van der Waals surface area contributed by atoms with Gasteiger partial charge in [-0.1, -0.05) is 37.1 Å². The van der Waals surface area contributed by atoms with Crippen molar-refractivity contribution in [1.29, 1.82) is 0 Å². The number of carbonyl (C=O) groups excluding carboxylic acids is 1. The summed E-state index contributed by atoms with van der Waals surface area (Å²) in [7, 11) is 0. The molecule has 29 heavy (non-hydrogen) atoms. The molecule has 2 unspecified atom stereocenters. The molecule has 2 bridgehead atoms. The maximum absolute atomic E-state index is 12.4. The lowest BCUT2D eigenvalue weighted by Gasteiger charge is -2.50. The van der Waals surface area contributed by atoms with Gasteiger partial charge in [-0.15, -0.1) is 0 Å². The molecule has 3 nitrogen and oxygen atoms in total. The van der Waals surface area contributed by atoms with E-state index < -0.39 is 0 Å². The summed E-state index contributed by atoms with van der Waals surface area (Å²) in [5.41, 5.74) is 3.41. The van der Waals surface area contributed by atoms with Crippen LogP contribution >= 0.6 is 0 Å². The molecule has 2 aliphatic heterocycles. The van der Waals surface area contributed by atoms with E-state index in [0.717, 1.165) is 43.7 Å². The lowest BCUT2D eigenvalue weighted by molar-refractivity contribution is -0.130. The van der Waals surface area contributed by atoms with E-state index in [4.69, 9.17) is 0 Å². The standard InChI is InChI=1S/C26H36N2O.2H2/c29-25-6-3-13-28(25)24-9-10-26(23-5-2-1-4-22(23)24)11-14-27(15-12-26)21-17-19-7-8-20(16-19)18-21;;/h1-2,4-5,19-21,24H,3,6-18H2;2*1H/t19-,20?,21?,24+;;/m1../s1. The average molecular weight is 397 g/mol. The summed E-state index contributed by atoms with van der Waals surface area (Å²) in [6.07, 6.45) is 14.3. The second kappa shape index (κ2) is 7.11. The number of nitrogens with zero attached hydrogens (tertiary/aromatic N) is 2. The van der Waals surface area contributed by atoms with Gasteiger partial charge in [-0.2, -0.15) is 0 Å². The predicted molar refractivity (Wildman–Crippen MR) is 120 cm³/mol. The van der Waals surface area contributed by atoms with Gasteiger partial charge in [-0.05, 0) is 92.8 Å². The van der Waals surface area contributed by atoms with E-state index in [1.165, 1.54) is 70.0 Å². The summed E-state index contributed by atoms with van der Waals surface area (Å²) < 4.78 is 0. The van der Waals surface area contributed by atoms with Crippen molar-refractivity contribution in [2.24, 2.45) is 11.8 Å². The van der Waals surface area contributed by atoms with Gasteiger partial charge in [0.15, 0.2) is 0 Å². The van der Waals surface area contributed by atoms with Crippen LogP contribution in [0.15, 0.2) is 24.3 Å². The highest BCUT2D eigenvalue weighted by molar-refractivity contribution is 5.78. The SMILES string of the molecule is O=C1CCCN1[C@H]1CCC2(CCN(C3CC4CC[C@H](C4)C3)CC2)c2ccccc21.[HH].[HH]. The van der Waals surface area contributed by atoms with Crippen molar-refractivity contribution in [3.8, 4) is 0 Å². The van der Waals surface area contributed by atoms with E-state index in [-0.39, 0.29) is 2.85 Å². The molecule has 1 aromatic carbocycles. The van der Waals surface area contributed by atoms with Gasteiger partial charge in [-0.25, -0.2) is 0 Å². The quantitative estimate of drug-likeness (QED) is 0.654. The Balaban J connectivity index is 0.00000116. The van der Waals surface area contributed by atoms with Gasteiger partial charge < -0.3 is 9.80 Å². The van der Waals surface area contributed by atoms with Crippen LogP contribution < -0.4 is 0 Å². The first-order valence-electron chi connectivity index (χ1n) is 12.3. The van der Waals surface area contributed by atoms with Gasteiger partial charge in [0, 0.05) is 21.9 Å². The van der Waals surface area contributed by atoms with Crippen LogP contribution in [-0.4, -0.2) is 41.4 Å². The van der Waals surface area contributed by atoms with E-state index in [1.54, 1.807) is 5.56 Å². The molecular formula is C26H40N2O. The van der Waals surface area contributed by atoms with Crippen molar-refractivity contribution in [1.82, 2.24) is 9.80 Å². The van der Waals surface area contributed by atoms with Crippen molar-refractivity contribution < 1.29 is 7.65 Å². The van der Waals surface area contributed by atoms with Crippen LogP contribution in [0.3, 0.4) is 0 Å². The zero-order valence-corrected chi connectivity index (χ0v) is 17.8. The van der Waals surface area contributed by atoms with Crippen molar-refractivity contribution in [2.75, 3.05) is 19.6 Å². The summed E-state index contributed by atoms with van der Waals surface area (Å²) in [6.45, 7) is 3.53. The molecule has 0 radical (unpaired) electrons. The zero-order valence-electron chi connectivity index (χ0n) is 17.8. The number of piperidine rings is 1. The molecule has 2 saturated carbocycles. The molecule has 3 aliphatic carbocycles. The van der Waals surface area contributed by atoms with Crippen LogP contribution in [0.4, 0.5) is 0 Å². The fourth-order valence-electron chi connectivity index (χ4n) is 7.90. The molecule has 4 atom stereocenters. The summed E-state index contributed by atoms with van der Waals surface area (Å²) in [4.78, 5) is 17.5. The van der Waals surface area contributed by atoms with Crippen LogP contribution in [0.2, 0.25) is 0 Å². The third-order valence-corrected chi connectivity index (χ3v) is 9.41. The zero-order chi connectivity index (χ0) is 19.4. The van der Waals surface area contributed by atoms with Crippen LogP contribution in [0.25, 0.3) is 0 Å². The van der Waals surface area contributed by atoms with E-state index in [0.29, 0.717) is 17.4 Å². The Bertz CT molecular complexity index is 779. The Morgan fingerprint density at radius 2 is 1.66 bits per heavy atom. The Kier molecular flexibility index (Phi) is 4.52. The van der Waals surface area contributed by atoms with E-state index in [9.17, 15) is 4.79 Å². The molecule has 3 heteroatoms. The van der Waals surface area contributed by atoms with Gasteiger partial charge in [0.2, 0.25) is 5.91 Å². The molecule has 1 aromatic rings. The van der Waals surface area contributed by atoms with Crippen molar-refractivity contribution in [2.45, 2.75) is 88.1 Å². The molecule has 1 spiro atoms. The van der Waals surface area contributed by atoms with Crippen molar-refractivity contribution in [3.63, 3.8) is 0 Å². The van der Waals surface area contributed by atoms with E-state index >= 15 is 0 Å². The highest BCUT2D eigenvalue weighted by Crippen LogP contribution is 2.51. The number of fused-ring (bicyclic) bond motifs is 4. The van der Waals surface area contributed by atoms with Crippen molar-refractivity contribution in [3.05, 3.63) is 35.4 Å². The van der Waals surface area contributed by atoms with Crippen LogP contribution in [0.5, 0.6) is 0 Å². The van der Waals surface area contributed by atoms with Gasteiger partial charge in [0.25, 0.3) is 0 Å². The van der Waals surface area contributed by atoms with Crippen LogP contribution in [-0.2, 0) is 10.2 Å². The summed E-state index contributed by atoms with van der Waals surface area (Å²) in [5.74, 6) is 2.44. The molecule has 5 aliphatic rings. The maximum Gasteiger partial charge on any atom is 0.223 e. The second-order valence-electron chi connectivity index (χ2n) is 10.8. The minimum absolute atomic E-state index is 0. The van der Waals surface area contributed by atoms with Crippen LogP contribution in [0, 0.1) is 11.8 Å². The normalized spacial score (nSPS) is 36.6. The Morgan fingerprint density at radius 1 is 0.897 bits per heavy atom. The largest absolute Gasteiger partial charge is 0.336 e. The average Bonchev–Trinajstić information content (AvgIpc) is 3.33. The van der Waals surface area contributed by atoms with Gasteiger partial charge in [0.1, 0.15) is 0 Å². The lowest BCUT2D eigenvalue weighted by Crippen LogP contribution is -2.50. The van der Waals surface area contributed by atoms with Gasteiger partial charge in [-0.3, -0.25) is 4.79 Å². The fourth-order valence-corrected chi connectivity index (χ4v) is 7.90. The fraction of sp³-hybridized carbons (Fsp3) is 0.731. The summed E-state index contributed by atoms with van der Waals surface area (Å²) in [6, 6.07) is 10.4. The molecular weight excluding hydrogens is 356 g/mol. The molecule has 0 aromatic heterocycles. The Hall–Kier alpha value is -1.35. The highest BCUT2D eigenvalue weighted by atomic mass is 16.2. The maximum atomic E-state index is 12.4. The third-order valence-electron chi connectivity index (χ3n) is 9.41. The second-order valence-corrected chi connectivity index (χ2v) is 10.8. The third kappa shape index (κ3) is 3.07. The number of amides is 1. The van der Waals surface area contributed by atoms with Gasteiger partial charge in [0.05, 0.1) is 6.04 Å². The predicted octanol–water partition coefficient (Wildman–Crippen LogP) is 5.55. The monoisotopic (exact) mass is 396 g/mol. The van der Waals surface area contributed by atoms with E-state index in [2.05, 4.69) is 34.1 Å². The molecule has 0 N–H and O–H groups in total. The lowest BCUT2D eigenvalue weighted by atomic mass is 9.63. The molecule has 4 fully saturated rings. The van der Waals surface area contributed by atoms with Crippen LogP contribution in [0.1, 0.15) is 90.7 Å². The molecule has 160 valence electrons. The molecule has 2 saturated heterocycles. The number of likely N-dealkylation sites (tertiary alicyclic amines) is 2. The summed E-state index contributed by atoms with van der Waals surface area (Å²) >= 11 is 0. The molecule has 2 heterocycles. The Morgan fingerprint density at radius 3 is 2.38 bits per heavy atom. The topological polar surface area (TPSA) is 23.6 Å². The Labute approximate surface area is 178 Å². The smallest absolute Gasteiger partial charge is 0.223 e. The molecule has 6 rings (SSSR count). The minimum Gasteiger partial charge on any atom is -0.336 e. The summed E-state index contributed by atoms with van der Waals surface area (Å²) in [5, 5.41) is 0. The highest BCUT2D eigenvalue weighted by Gasteiger charge is 2.46. The first-order valence-corrected chi connectivity index (χ1v) is 12.3. The first kappa shape index (κ1) is 18.4. The van der Waals surface area contributed by atoms with Crippen molar-refractivity contribution >= 4 is 5.91 Å². The number of rotatable bonds is 2.